The Bertz CT molecular complexity index is 941. The molecule has 30 heavy (non-hydrogen) atoms. The first-order chi connectivity index (χ1) is 14.3. The molecule has 0 bridgehead atoms. The van der Waals surface area contributed by atoms with Gasteiger partial charge in [0, 0.05) is 25.3 Å². The molecule has 1 aliphatic carbocycles. The van der Waals surface area contributed by atoms with Gasteiger partial charge in [0.2, 0.25) is 5.28 Å². The summed E-state index contributed by atoms with van der Waals surface area (Å²) >= 11 is 11.8. The van der Waals surface area contributed by atoms with E-state index < -0.39 is 4.92 Å². The third-order valence-electron chi connectivity index (χ3n) is 5.02. The average molecular weight is 457 g/mol. The first-order valence-corrected chi connectivity index (χ1v) is 10.3. The van der Waals surface area contributed by atoms with E-state index in [2.05, 4.69) is 20.4 Å². The molecule has 1 atom stereocenters. The second-order valence-corrected chi connectivity index (χ2v) is 7.97. The van der Waals surface area contributed by atoms with Crippen molar-refractivity contribution >= 4 is 40.5 Å². The number of nitrogens with one attached hydrogen (secondary N) is 1. The highest BCUT2D eigenvalue weighted by Gasteiger charge is 2.31. The van der Waals surface area contributed by atoms with Crippen LogP contribution in [0.25, 0.3) is 0 Å². The van der Waals surface area contributed by atoms with Gasteiger partial charge in [-0.1, -0.05) is 11.6 Å². The van der Waals surface area contributed by atoms with E-state index in [1.165, 1.54) is 6.20 Å². The molecular formula is C18H22Cl2N6O4. The molecule has 10 nitrogen and oxygen atoms in total. The van der Waals surface area contributed by atoms with Gasteiger partial charge in [-0.25, -0.2) is 4.98 Å². The Morgan fingerprint density at radius 2 is 2.10 bits per heavy atom. The highest BCUT2D eigenvalue weighted by molar-refractivity contribution is 6.33. The van der Waals surface area contributed by atoms with Crippen LogP contribution in [-0.2, 0) is 4.79 Å². The average Bonchev–Trinajstić information content (AvgIpc) is 3.01. The fourth-order valence-electron chi connectivity index (χ4n) is 3.40. The first-order valence-electron chi connectivity index (χ1n) is 9.58. The van der Waals surface area contributed by atoms with Crippen molar-refractivity contribution in [3.63, 3.8) is 0 Å². The number of carbonyl (C=O) groups excluding carboxylic acids is 1. The number of rotatable bonds is 8. The van der Waals surface area contributed by atoms with Crippen molar-refractivity contribution in [2.75, 3.05) is 11.9 Å². The van der Waals surface area contributed by atoms with E-state index in [0.29, 0.717) is 48.6 Å². The van der Waals surface area contributed by atoms with Crippen LogP contribution in [0.1, 0.15) is 50.8 Å². The molecule has 0 aliphatic heterocycles. The highest BCUT2D eigenvalue weighted by atomic mass is 35.5. The lowest BCUT2D eigenvalue weighted by Crippen LogP contribution is -2.20. The summed E-state index contributed by atoms with van der Waals surface area (Å²) in [6, 6.07) is -0.135. The van der Waals surface area contributed by atoms with Crippen LogP contribution in [0.3, 0.4) is 0 Å². The lowest BCUT2D eigenvalue weighted by atomic mass is 9.94. The van der Waals surface area contributed by atoms with Crippen LogP contribution in [0.2, 0.25) is 10.3 Å². The van der Waals surface area contributed by atoms with Crippen molar-refractivity contribution in [1.82, 2.24) is 19.7 Å². The number of halogens is 2. The number of carbonyl (C=O) groups is 1. The largest absolute Gasteiger partial charge is 0.472 e. The summed E-state index contributed by atoms with van der Waals surface area (Å²) in [5.74, 6) is 0.612. The molecule has 1 aliphatic rings. The van der Waals surface area contributed by atoms with Crippen molar-refractivity contribution in [3.8, 4) is 5.88 Å². The molecule has 2 aromatic heterocycles. The van der Waals surface area contributed by atoms with Crippen LogP contribution < -0.4 is 10.1 Å². The summed E-state index contributed by atoms with van der Waals surface area (Å²) in [4.78, 5) is 30.4. The molecular weight excluding hydrogens is 435 g/mol. The van der Waals surface area contributed by atoms with E-state index in [9.17, 15) is 14.9 Å². The lowest BCUT2D eigenvalue weighted by molar-refractivity contribution is -0.386. The van der Waals surface area contributed by atoms with E-state index in [1.54, 1.807) is 11.6 Å². The molecule has 162 valence electrons. The maximum atomic E-state index is 11.6. The SMILES string of the molecule is Cc1c([N+](=O)[O-])c(OCC[C@@H](C)Nc2nc(Cl)ncc2Cl)nn1C1CCC(=O)CC1. The number of hydrogen-bond donors (Lipinski definition) is 1. The second kappa shape index (κ2) is 9.57. The topological polar surface area (TPSA) is 125 Å². The van der Waals surface area contributed by atoms with Crippen LogP contribution >= 0.6 is 23.2 Å². The van der Waals surface area contributed by atoms with Crippen molar-refractivity contribution in [2.24, 2.45) is 0 Å². The lowest BCUT2D eigenvalue weighted by Gasteiger charge is -2.22. The van der Waals surface area contributed by atoms with Crippen LogP contribution in [-0.4, -0.2) is 43.1 Å². The van der Waals surface area contributed by atoms with E-state index >= 15 is 0 Å². The van der Waals surface area contributed by atoms with E-state index in [1.807, 2.05) is 6.92 Å². The number of Topliss-reactive ketones (excluding diaryl/α,β-unsaturated/α-hetero) is 1. The first kappa shape index (κ1) is 22.2. The van der Waals surface area contributed by atoms with Gasteiger partial charge in [0.05, 0.1) is 23.8 Å². The molecule has 2 heterocycles. The molecule has 1 N–H and O–H groups in total. The van der Waals surface area contributed by atoms with E-state index in [-0.39, 0.29) is 41.3 Å². The fraction of sp³-hybridized carbons (Fsp3) is 0.556. The van der Waals surface area contributed by atoms with Gasteiger partial charge in [-0.3, -0.25) is 19.6 Å². The molecule has 0 unspecified atom stereocenters. The van der Waals surface area contributed by atoms with Crippen molar-refractivity contribution in [1.29, 1.82) is 0 Å². The maximum absolute atomic E-state index is 11.6. The quantitative estimate of drug-likeness (QED) is 0.356. The molecule has 1 fully saturated rings. The summed E-state index contributed by atoms with van der Waals surface area (Å²) < 4.78 is 7.29. The fourth-order valence-corrected chi connectivity index (χ4v) is 3.68. The Labute approximate surface area is 183 Å². The van der Waals surface area contributed by atoms with Crippen LogP contribution in [0.4, 0.5) is 11.5 Å². The van der Waals surface area contributed by atoms with E-state index in [4.69, 9.17) is 27.9 Å². The third-order valence-corrected chi connectivity index (χ3v) is 5.47. The van der Waals surface area contributed by atoms with Gasteiger partial charge >= 0.3 is 11.6 Å². The molecule has 0 saturated heterocycles. The maximum Gasteiger partial charge on any atom is 0.352 e. The minimum atomic E-state index is -0.480. The standard InChI is InChI=1S/C18H22Cl2N6O4/c1-10(22-16-14(19)9-21-18(20)23-16)7-8-30-17-15(26(28)29)11(2)25(24-17)12-3-5-13(27)6-4-12/h9-10,12H,3-8H2,1-2H3,(H,21,22,23)/t10-/m1/s1. The van der Waals surface area contributed by atoms with Gasteiger partial charge in [-0.2, -0.15) is 4.98 Å². The molecule has 2 aromatic rings. The minimum Gasteiger partial charge on any atom is -0.472 e. The summed E-state index contributed by atoms with van der Waals surface area (Å²) in [5.41, 5.74) is 0.293. The number of nitro groups is 1. The zero-order valence-corrected chi connectivity index (χ0v) is 18.1. The highest BCUT2D eigenvalue weighted by Crippen LogP contribution is 2.35. The summed E-state index contributed by atoms with van der Waals surface area (Å²) in [6.45, 7) is 3.75. The molecule has 0 radical (unpaired) electrons. The van der Waals surface area contributed by atoms with Gasteiger partial charge in [-0.15, -0.1) is 5.10 Å². The number of anilines is 1. The van der Waals surface area contributed by atoms with Crippen LogP contribution in [0.15, 0.2) is 6.20 Å². The molecule has 0 amide bonds. The summed E-state index contributed by atoms with van der Waals surface area (Å²) in [5, 5.41) is 19.4. The monoisotopic (exact) mass is 456 g/mol. The Kier molecular flexibility index (Phi) is 7.09. The van der Waals surface area contributed by atoms with Crippen LogP contribution in [0, 0.1) is 17.0 Å². The van der Waals surface area contributed by atoms with Crippen molar-refractivity contribution in [2.45, 2.75) is 58.0 Å². The molecule has 0 aromatic carbocycles. The van der Waals surface area contributed by atoms with Crippen molar-refractivity contribution in [3.05, 3.63) is 32.3 Å². The van der Waals surface area contributed by atoms with Crippen molar-refractivity contribution < 1.29 is 14.5 Å². The predicted molar refractivity (Wildman–Crippen MR) is 111 cm³/mol. The minimum absolute atomic E-state index is 0.00953. The Morgan fingerprint density at radius 1 is 1.40 bits per heavy atom. The normalized spacial score (nSPS) is 15.8. The number of aromatic nitrogens is 4. The number of ketones is 1. The van der Waals surface area contributed by atoms with Gasteiger partial charge < -0.3 is 10.1 Å². The molecule has 3 rings (SSSR count). The van der Waals surface area contributed by atoms with Gasteiger partial charge in [0.1, 0.15) is 22.3 Å². The Morgan fingerprint density at radius 3 is 2.77 bits per heavy atom. The zero-order chi connectivity index (χ0) is 21.8. The summed E-state index contributed by atoms with van der Waals surface area (Å²) in [6.07, 6.45) is 4.10. The smallest absolute Gasteiger partial charge is 0.352 e. The number of nitrogens with zero attached hydrogens (tertiary/aromatic N) is 5. The predicted octanol–water partition coefficient (Wildman–Crippen LogP) is 4.15. The Hall–Kier alpha value is -2.46. The molecule has 12 heteroatoms. The summed E-state index contributed by atoms with van der Waals surface area (Å²) in [7, 11) is 0. The number of ether oxygens (including phenoxy) is 1. The molecule has 0 spiro atoms. The van der Waals surface area contributed by atoms with Crippen LogP contribution in [0.5, 0.6) is 5.88 Å². The Balaban J connectivity index is 1.64. The second-order valence-electron chi connectivity index (χ2n) is 7.23. The van der Waals surface area contributed by atoms with Gasteiger partial charge in [0.15, 0.2) is 0 Å². The number of hydrogen-bond acceptors (Lipinski definition) is 8. The van der Waals surface area contributed by atoms with Gasteiger partial charge in [-0.05, 0) is 38.3 Å². The van der Waals surface area contributed by atoms with Gasteiger partial charge in [0.25, 0.3) is 0 Å². The zero-order valence-electron chi connectivity index (χ0n) is 16.6. The third kappa shape index (κ3) is 5.17. The van der Waals surface area contributed by atoms with E-state index in [0.717, 1.165) is 0 Å². The molecule has 1 saturated carbocycles.